The van der Waals surface area contributed by atoms with E-state index in [1.165, 1.54) is 0 Å². The minimum absolute atomic E-state index is 0.00589. The highest BCUT2D eigenvalue weighted by atomic mass is 16.5. The number of carboxylic acid groups (broad SMARTS) is 1. The first-order chi connectivity index (χ1) is 16.9. The number of carboxylic acids is 1. The molecular formula is C27H32N2O6. The minimum Gasteiger partial charge on any atom is -0.481 e. The summed E-state index contributed by atoms with van der Waals surface area (Å²) < 4.78 is 10.9. The van der Waals surface area contributed by atoms with Crippen LogP contribution in [0.15, 0.2) is 48.5 Å². The molecule has 0 saturated heterocycles. The molecule has 0 aliphatic heterocycles. The third-order valence-corrected chi connectivity index (χ3v) is 7.01. The molecule has 2 aromatic carbocycles. The topological polar surface area (TPSA) is 105 Å². The Morgan fingerprint density at radius 2 is 1.66 bits per heavy atom. The number of aliphatic carboxylic acids is 1. The third kappa shape index (κ3) is 5.65. The molecule has 35 heavy (non-hydrogen) atoms. The fraction of sp³-hybridized carbons (Fsp3) is 0.444. The number of carbonyl (C=O) groups excluding carboxylic acids is 2. The van der Waals surface area contributed by atoms with Gasteiger partial charge in [-0.3, -0.25) is 9.59 Å². The van der Waals surface area contributed by atoms with Gasteiger partial charge in [-0.2, -0.15) is 0 Å². The first-order valence-corrected chi connectivity index (χ1v) is 12.0. The van der Waals surface area contributed by atoms with E-state index >= 15 is 0 Å². The number of benzene rings is 2. The highest BCUT2D eigenvalue weighted by Gasteiger charge is 2.33. The first kappa shape index (κ1) is 24.7. The smallest absolute Gasteiger partial charge is 0.407 e. The van der Waals surface area contributed by atoms with Crippen LogP contribution < -0.4 is 5.32 Å². The largest absolute Gasteiger partial charge is 0.481 e. The molecule has 1 saturated carbocycles. The van der Waals surface area contributed by atoms with E-state index in [9.17, 15) is 14.4 Å². The van der Waals surface area contributed by atoms with Gasteiger partial charge in [0.05, 0.1) is 6.10 Å². The van der Waals surface area contributed by atoms with Gasteiger partial charge >= 0.3 is 12.1 Å². The molecule has 2 aliphatic carbocycles. The third-order valence-electron chi connectivity index (χ3n) is 7.01. The predicted molar refractivity (Wildman–Crippen MR) is 130 cm³/mol. The van der Waals surface area contributed by atoms with Crippen molar-refractivity contribution < 1.29 is 29.0 Å². The monoisotopic (exact) mass is 480 g/mol. The van der Waals surface area contributed by atoms with Gasteiger partial charge in [-0.1, -0.05) is 48.5 Å². The minimum atomic E-state index is -1.03. The zero-order valence-corrected chi connectivity index (χ0v) is 20.1. The summed E-state index contributed by atoms with van der Waals surface area (Å²) in [5.74, 6) is -1.11. The van der Waals surface area contributed by atoms with Crippen molar-refractivity contribution in [3.8, 4) is 11.1 Å². The van der Waals surface area contributed by atoms with E-state index in [0.717, 1.165) is 35.1 Å². The summed E-state index contributed by atoms with van der Waals surface area (Å²) in [6.45, 7) is 0.657. The van der Waals surface area contributed by atoms with E-state index < -0.39 is 18.1 Å². The van der Waals surface area contributed by atoms with Crippen molar-refractivity contribution in [2.75, 3.05) is 27.3 Å². The maximum Gasteiger partial charge on any atom is 0.407 e. The molecule has 0 spiro atoms. The lowest BCUT2D eigenvalue weighted by atomic mass is 9.82. The van der Waals surface area contributed by atoms with Gasteiger partial charge in [0.25, 0.3) is 0 Å². The Morgan fingerprint density at radius 1 is 1.06 bits per heavy atom. The Bertz CT molecular complexity index is 1040. The summed E-state index contributed by atoms with van der Waals surface area (Å²) in [4.78, 5) is 38.4. The first-order valence-electron chi connectivity index (χ1n) is 12.0. The second-order valence-electron chi connectivity index (χ2n) is 9.37. The van der Waals surface area contributed by atoms with Gasteiger partial charge < -0.3 is 24.8 Å². The second-order valence-corrected chi connectivity index (χ2v) is 9.37. The van der Waals surface area contributed by atoms with Crippen molar-refractivity contribution in [1.82, 2.24) is 10.2 Å². The molecule has 8 nitrogen and oxygen atoms in total. The van der Waals surface area contributed by atoms with Crippen molar-refractivity contribution in [3.05, 3.63) is 59.7 Å². The Morgan fingerprint density at radius 3 is 2.23 bits per heavy atom. The van der Waals surface area contributed by atoms with Crippen LogP contribution >= 0.6 is 0 Å². The average molecular weight is 481 g/mol. The molecule has 1 atom stereocenters. The number of rotatable bonds is 10. The van der Waals surface area contributed by atoms with Crippen molar-refractivity contribution >= 4 is 18.0 Å². The average Bonchev–Trinajstić information content (AvgIpc) is 3.15. The van der Waals surface area contributed by atoms with Crippen molar-refractivity contribution in [3.63, 3.8) is 0 Å². The number of amides is 2. The van der Waals surface area contributed by atoms with E-state index in [4.69, 9.17) is 14.6 Å². The lowest BCUT2D eigenvalue weighted by Gasteiger charge is -2.37. The van der Waals surface area contributed by atoms with Gasteiger partial charge in [-0.05, 0) is 47.4 Å². The molecule has 4 rings (SSSR count). The van der Waals surface area contributed by atoms with Crippen LogP contribution in [0.1, 0.15) is 42.7 Å². The van der Waals surface area contributed by atoms with Gasteiger partial charge in [-0.25, -0.2) is 4.79 Å². The number of alkyl carbamates (subject to hydrolysis) is 1. The van der Waals surface area contributed by atoms with Crippen LogP contribution in [-0.4, -0.2) is 67.4 Å². The lowest BCUT2D eigenvalue weighted by molar-refractivity contribution is -0.138. The number of likely N-dealkylation sites (N-methyl/N-ethyl adjacent to an activating group) is 1. The summed E-state index contributed by atoms with van der Waals surface area (Å²) >= 11 is 0. The van der Waals surface area contributed by atoms with E-state index in [0.29, 0.717) is 12.5 Å². The van der Waals surface area contributed by atoms with Crippen molar-refractivity contribution in [2.24, 2.45) is 5.92 Å². The molecule has 0 aromatic heterocycles. The zero-order chi connectivity index (χ0) is 24.9. The SMILES string of the molecule is COC1CC(CN(C)C(=O)C(CCC(=O)O)NC(=O)OCC2c3ccccc3-c3ccccc32)C1. The van der Waals surface area contributed by atoms with Crippen LogP contribution in [0.25, 0.3) is 11.1 Å². The van der Waals surface area contributed by atoms with Crippen LogP contribution in [0.3, 0.4) is 0 Å². The van der Waals surface area contributed by atoms with Crippen LogP contribution in [0, 0.1) is 5.92 Å². The summed E-state index contributed by atoms with van der Waals surface area (Å²) in [7, 11) is 3.35. The Kier molecular flexibility index (Phi) is 7.70. The standard InChI is InChI=1S/C27H32N2O6/c1-29(15-17-13-18(14-17)34-2)26(32)24(11-12-25(30)31)28-27(33)35-16-23-21-9-5-3-7-19(21)20-8-4-6-10-22(20)23/h3-10,17-18,23-24H,11-16H2,1-2H3,(H,28,33)(H,30,31). The quantitative estimate of drug-likeness (QED) is 0.538. The molecule has 2 amide bonds. The van der Waals surface area contributed by atoms with Crippen LogP contribution in [0.5, 0.6) is 0 Å². The summed E-state index contributed by atoms with van der Waals surface area (Å²) in [6.07, 6.45) is 1.02. The predicted octanol–water partition coefficient (Wildman–Crippen LogP) is 3.64. The molecule has 0 radical (unpaired) electrons. The number of nitrogens with zero attached hydrogens (tertiary/aromatic N) is 1. The van der Waals surface area contributed by atoms with Crippen molar-refractivity contribution in [2.45, 2.75) is 43.7 Å². The number of fused-ring (bicyclic) bond motifs is 3. The fourth-order valence-electron chi connectivity index (χ4n) is 5.07. The van der Waals surface area contributed by atoms with Gasteiger partial charge in [0.1, 0.15) is 12.6 Å². The zero-order valence-electron chi connectivity index (χ0n) is 20.1. The Hall–Kier alpha value is -3.39. The molecule has 8 heteroatoms. The van der Waals surface area contributed by atoms with E-state index in [-0.39, 0.29) is 37.4 Å². The maximum absolute atomic E-state index is 13.0. The molecule has 1 fully saturated rings. The normalized spacial score (nSPS) is 19.1. The Balaban J connectivity index is 1.37. The van der Waals surface area contributed by atoms with Crippen LogP contribution in [0.4, 0.5) is 4.79 Å². The molecular weight excluding hydrogens is 448 g/mol. The van der Waals surface area contributed by atoms with E-state index in [2.05, 4.69) is 17.4 Å². The van der Waals surface area contributed by atoms with Crippen molar-refractivity contribution in [1.29, 1.82) is 0 Å². The number of nitrogens with one attached hydrogen (secondary N) is 1. The highest BCUT2D eigenvalue weighted by Crippen LogP contribution is 2.44. The highest BCUT2D eigenvalue weighted by molar-refractivity contribution is 5.86. The van der Waals surface area contributed by atoms with Gasteiger partial charge in [0.15, 0.2) is 0 Å². The molecule has 2 aliphatic rings. The number of hydrogen-bond acceptors (Lipinski definition) is 5. The van der Waals surface area contributed by atoms with Crippen LogP contribution in [-0.2, 0) is 19.1 Å². The fourth-order valence-corrected chi connectivity index (χ4v) is 5.07. The summed E-state index contributed by atoms with van der Waals surface area (Å²) in [5, 5.41) is 11.7. The van der Waals surface area contributed by atoms with E-state index in [1.54, 1.807) is 19.1 Å². The molecule has 2 aromatic rings. The maximum atomic E-state index is 13.0. The van der Waals surface area contributed by atoms with Gasteiger partial charge in [0.2, 0.25) is 5.91 Å². The number of carbonyl (C=O) groups is 3. The summed E-state index contributed by atoms with van der Waals surface area (Å²) in [5.41, 5.74) is 4.43. The van der Waals surface area contributed by atoms with Crippen LogP contribution in [0.2, 0.25) is 0 Å². The number of methoxy groups -OCH3 is 1. The molecule has 0 heterocycles. The number of hydrogen-bond donors (Lipinski definition) is 2. The lowest BCUT2D eigenvalue weighted by Crippen LogP contribution is -2.50. The number of ether oxygens (including phenoxy) is 2. The molecule has 186 valence electrons. The molecule has 1 unspecified atom stereocenters. The second kappa shape index (κ2) is 10.9. The van der Waals surface area contributed by atoms with Gasteiger partial charge in [0, 0.05) is 33.0 Å². The molecule has 2 N–H and O–H groups in total. The van der Waals surface area contributed by atoms with Gasteiger partial charge in [-0.15, -0.1) is 0 Å². The summed E-state index contributed by atoms with van der Waals surface area (Å²) in [6, 6.07) is 15.1. The molecule has 0 bridgehead atoms. The van der Waals surface area contributed by atoms with E-state index in [1.807, 2.05) is 36.4 Å². The Labute approximate surface area is 205 Å².